The lowest BCUT2D eigenvalue weighted by molar-refractivity contribution is -0.0803. The Labute approximate surface area is 194 Å². The van der Waals surface area contributed by atoms with E-state index in [0.717, 1.165) is 23.5 Å². The fourth-order valence-electron chi connectivity index (χ4n) is 4.94. The lowest BCUT2D eigenvalue weighted by Crippen LogP contribution is -2.44. The number of nitrogens with zero attached hydrogens (tertiary/aromatic N) is 4. The van der Waals surface area contributed by atoms with Gasteiger partial charge in [-0.3, -0.25) is 14.5 Å². The van der Waals surface area contributed by atoms with Crippen LogP contribution in [0.15, 0.2) is 48.7 Å². The molecule has 0 saturated carbocycles. The first-order valence-corrected chi connectivity index (χ1v) is 11.5. The van der Waals surface area contributed by atoms with E-state index in [1.165, 1.54) is 15.8 Å². The summed E-state index contributed by atoms with van der Waals surface area (Å²) >= 11 is 0. The quantitative estimate of drug-likeness (QED) is 0.663. The third-order valence-electron chi connectivity index (χ3n) is 6.58. The van der Waals surface area contributed by atoms with Crippen molar-refractivity contribution in [2.45, 2.75) is 45.5 Å². The average Bonchev–Trinajstić information content (AvgIpc) is 3.32. The highest BCUT2D eigenvalue weighted by molar-refractivity contribution is 5.96. The molecule has 2 aliphatic rings. The summed E-state index contributed by atoms with van der Waals surface area (Å²) in [7, 11) is 2.08. The van der Waals surface area contributed by atoms with Crippen molar-refractivity contribution in [3.63, 3.8) is 0 Å². The number of carbonyl (C=O) groups excluding carboxylic acids is 1. The van der Waals surface area contributed by atoms with Gasteiger partial charge in [-0.15, -0.1) is 0 Å². The van der Waals surface area contributed by atoms with Crippen LogP contribution in [0.4, 0.5) is 5.69 Å². The van der Waals surface area contributed by atoms with Crippen molar-refractivity contribution < 1.29 is 14.7 Å². The number of hydroxylamine groups is 2. The maximum absolute atomic E-state index is 13.8. The van der Waals surface area contributed by atoms with Crippen molar-refractivity contribution in [3.05, 3.63) is 65.5 Å². The second-order valence-corrected chi connectivity index (χ2v) is 9.94. The number of carbonyl (C=O) groups is 1. The summed E-state index contributed by atoms with van der Waals surface area (Å²) in [6, 6.07) is 14.9. The maximum atomic E-state index is 13.8. The number of β-amino-alcohol motifs (C(OH)–C–C–N with tert-alkyl or cyclic N) is 1. The number of amides is 1. The third-order valence-corrected chi connectivity index (χ3v) is 6.58. The number of aromatic nitrogens is 1. The summed E-state index contributed by atoms with van der Waals surface area (Å²) in [6.45, 7) is 8.39. The average molecular weight is 449 g/mol. The molecular formula is C26H32N4O3. The van der Waals surface area contributed by atoms with E-state index in [4.69, 9.17) is 4.84 Å². The van der Waals surface area contributed by atoms with E-state index < -0.39 is 5.60 Å². The minimum absolute atomic E-state index is 0.114. The van der Waals surface area contributed by atoms with Crippen LogP contribution < -0.4 is 4.90 Å². The Balaban J connectivity index is 1.62. The van der Waals surface area contributed by atoms with Gasteiger partial charge in [-0.2, -0.15) is 0 Å². The number of rotatable bonds is 4. The summed E-state index contributed by atoms with van der Waals surface area (Å²) in [5.74, 6) is -0.201. The van der Waals surface area contributed by atoms with Crippen molar-refractivity contribution in [2.75, 3.05) is 31.8 Å². The lowest BCUT2D eigenvalue weighted by atomic mass is 10.0. The molecule has 0 spiro atoms. The first-order valence-electron chi connectivity index (χ1n) is 11.5. The molecule has 5 rings (SSSR count). The van der Waals surface area contributed by atoms with Crippen LogP contribution in [0.2, 0.25) is 0 Å². The predicted octanol–water partition coefficient (Wildman–Crippen LogP) is 3.45. The highest BCUT2D eigenvalue weighted by Gasteiger charge is 2.39. The van der Waals surface area contributed by atoms with Crippen LogP contribution in [0, 0.1) is 0 Å². The van der Waals surface area contributed by atoms with E-state index in [2.05, 4.69) is 71.8 Å². The lowest BCUT2D eigenvalue weighted by Gasteiger charge is -2.37. The Morgan fingerprint density at radius 3 is 2.67 bits per heavy atom. The standard InChI is InChI=1S/C26H32N4O3/c1-18(2)29-17-27(4)13-22-23(29)14-28(24(22)25(31)30-15-26(3,32)16-33-30)12-20-10-7-9-19-8-5-6-11-21(19)20/h5-11,14,18,32H,12-13,15-17H2,1-4H3/t26-/m0/s1. The molecule has 1 fully saturated rings. The SMILES string of the molecule is CC(C)N1CN(C)Cc2c1cn(Cc1cccc3ccccc13)c2C(=O)N1C[C@](C)(O)CO1. The first-order chi connectivity index (χ1) is 15.7. The predicted molar refractivity (Wildman–Crippen MR) is 129 cm³/mol. The van der Waals surface area contributed by atoms with Crippen LogP contribution in [0.5, 0.6) is 0 Å². The zero-order valence-electron chi connectivity index (χ0n) is 19.8. The fraction of sp³-hybridized carbons (Fsp3) is 0.423. The van der Waals surface area contributed by atoms with Gasteiger partial charge in [0.2, 0.25) is 0 Å². The second-order valence-electron chi connectivity index (χ2n) is 9.94. The van der Waals surface area contributed by atoms with Gasteiger partial charge in [-0.1, -0.05) is 42.5 Å². The molecule has 0 aliphatic carbocycles. The number of anilines is 1. The van der Waals surface area contributed by atoms with E-state index in [9.17, 15) is 9.90 Å². The molecule has 3 aromatic rings. The molecule has 1 saturated heterocycles. The summed E-state index contributed by atoms with van der Waals surface area (Å²) in [4.78, 5) is 23.9. The van der Waals surface area contributed by atoms with Gasteiger partial charge < -0.3 is 14.6 Å². The van der Waals surface area contributed by atoms with Gasteiger partial charge in [0.15, 0.2) is 0 Å². The largest absolute Gasteiger partial charge is 0.386 e. The van der Waals surface area contributed by atoms with Crippen LogP contribution >= 0.6 is 0 Å². The molecule has 1 N–H and O–H groups in total. The van der Waals surface area contributed by atoms with Crippen molar-refractivity contribution in [1.29, 1.82) is 0 Å². The van der Waals surface area contributed by atoms with Gasteiger partial charge in [-0.05, 0) is 44.2 Å². The van der Waals surface area contributed by atoms with Crippen LogP contribution in [-0.2, 0) is 17.9 Å². The Kier molecular flexibility index (Phi) is 5.43. The Hall–Kier alpha value is -2.87. The molecule has 0 radical (unpaired) electrons. The second kappa shape index (κ2) is 8.17. The molecule has 2 aromatic carbocycles. The van der Waals surface area contributed by atoms with Crippen molar-refractivity contribution in [1.82, 2.24) is 14.5 Å². The van der Waals surface area contributed by atoms with Crippen LogP contribution in [0.3, 0.4) is 0 Å². The van der Waals surface area contributed by atoms with Gasteiger partial charge in [0.25, 0.3) is 5.91 Å². The molecule has 7 heteroatoms. The number of fused-ring (bicyclic) bond motifs is 2. The van der Waals surface area contributed by atoms with Crippen LogP contribution in [0.25, 0.3) is 10.8 Å². The molecule has 1 aromatic heterocycles. The number of hydrogen-bond acceptors (Lipinski definition) is 5. The number of hydrogen-bond donors (Lipinski definition) is 1. The maximum Gasteiger partial charge on any atom is 0.294 e. The van der Waals surface area contributed by atoms with Crippen molar-refractivity contribution in [3.8, 4) is 0 Å². The third kappa shape index (κ3) is 4.01. The Morgan fingerprint density at radius 2 is 1.94 bits per heavy atom. The number of benzene rings is 2. The van der Waals surface area contributed by atoms with Crippen LogP contribution in [0.1, 0.15) is 42.4 Å². The molecular weight excluding hydrogens is 416 g/mol. The summed E-state index contributed by atoms with van der Waals surface area (Å²) in [5, 5.41) is 14.1. The molecule has 2 aliphatic heterocycles. The Morgan fingerprint density at radius 1 is 1.18 bits per heavy atom. The molecule has 0 unspecified atom stereocenters. The smallest absolute Gasteiger partial charge is 0.294 e. The van der Waals surface area contributed by atoms with E-state index in [0.29, 0.717) is 24.8 Å². The van der Waals surface area contributed by atoms with Gasteiger partial charge in [0.1, 0.15) is 17.9 Å². The number of aliphatic hydroxyl groups is 1. The Bertz CT molecular complexity index is 1190. The van der Waals surface area contributed by atoms with E-state index in [-0.39, 0.29) is 19.1 Å². The molecule has 174 valence electrons. The van der Waals surface area contributed by atoms with Gasteiger partial charge in [0, 0.05) is 30.9 Å². The topological polar surface area (TPSA) is 61.2 Å². The fourth-order valence-corrected chi connectivity index (χ4v) is 4.94. The molecule has 3 heterocycles. The highest BCUT2D eigenvalue weighted by atomic mass is 16.7. The molecule has 7 nitrogen and oxygen atoms in total. The minimum Gasteiger partial charge on any atom is -0.386 e. The highest BCUT2D eigenvalue weighted by Crippen LogP contribution is 2.35. The van der Waals surface area contributed by atoms with Gasteiger partial charge in [-0.25, -0.2) is 5.06 Å². The summed E-state index contributed by atoms with van der Waals surface area (Å²) < 4.78 is 2.07. The molecule has 1 amide bonds. The first kappa shape index (κ1) is 21.9. The molecule has 0 bridgehead atoms. The van der Waals surface area contributed by atoms with E-state index in [1.54, 1.807) is 6.92 Å². The molecule has 33 heavy (non-hydrogen) atoms. The van der Waals surface area contributed by atoms with Gasteiger partial charge in [0.05, 0.1) is 18.9 Å². The molecule has 1 atom stereocenters. The van der Waals surface area contributed by atoms with Crippen molar-refractivity contribution in [2.24, 2.45) is 0 Å². The van der Waals surface area contributed by atoms with Crippen LogP contribution in [-0.4, -0.2) is 64.1 Å². The summed E-state index contributed by atoms with van der Waals surface area (Å²) in [5.41, 5.74) is 2.86. The monoisotopic (exact) mass is 448 g/mol. The van der Waals surface area contributed by atoms with E-state index in [1.807, 2.05) is 12.1 Å². The minimum atomic E-state index is -1.04. The normalized spacial score (nSPS) is 21.3. The zero-order valence-corrected chi connectivity index (χ0v) is 19.8. The zero-order chi connectivity index (χ0) is 23.3. The van der Waals surface area contributed by atoms with Gasteiger partial charge >= 0.3 is 0 Å². The summed E-state index contributed by atoms with van der Waals surface area (Å²) in [6.07, 6.45) is 2.12. The van der Waals surface area contributed by atoms with E-state index >= 15 is 0 Å². The van der Waals surface area contributed by atoms with Crippen molar-refractivity contribution >= 4 is 22.4 Å².